The van der Waals surface area contributed by atoms with Crippen molar-refractivity contribution in [1.29, 1.82) is 0 Å². The number of nitrogens with zero attached hydrogens (tertiary/aromatic N) is 3. The van der Waals surface area contributed by atoms with Gasteiger partial charge in [-0.15, -0.1) is 5.10 Å². The van der Waals surface area contributed by atoms with Gasteiger partial charge in [0.25, 0.3) is 0 Å². The van der Waals surface area contributed by atoms with E-state index in [4.69, 9.17) is 11.6 Å². The quantitative estimate of drug-likeness (QED) is 0.702. The molecule has 0 bridgehead atoms. The highest BCUT2D eigenvalue weighted by molar-refractivity contribution is 6.32. The average Bonchev–Trinajstić information content (AvgIpc) is 2.93. The van der Waals surface area contributed by atoms with E-state index in [1.165, 1.54) is 0 Å². The minimum absolute atomic E-state index is 0.0453. The zero-order chi connectivity index (χ0) is 18.0. The lowest BCUT2D eigenvalue weighted by Gasteiger charge is -2.08. The lowest BCUT2D eigenvalue weighted by Crippen LogP contribution is -2.15. The van der Waals surface area contributed by atoms with Gasteiger partial charge in [0.05, 0.1) is 34.2 Å². The van der Waals surface area contributed by atoms with E-state index in [0.29, 0.717) is 5.69 Å². The van der Waals surface area contributed by atoms with Crippen LogP contribution in [0, 0.1) is 13.8 Å². The van der Waals surface area contributed by atoms with Crippen LogP contribution in [-0.2, 0) is 11.2 Å². The largest absolute Gasteiger partial charge is 0.504 e. The van der Waals surface area contributed by atoms with Gasteiger partial charge in [-0.3, -0.25) is 4.79 Å². The molecule has 2 N–H and O–H groups in total. The number of carbonyl (C=O) groups excluding carboxylic acids is 1. The third-order valence-electron chi connectivity index (χ3n) is 3.86. The van der Waals surface area contributed by atoms with E-state index in [1.807, 2.05) is 38.1 Å². The number of rotatable bonds is 4. The molecule has 0 aliphatic heterocycles. The zero-order valence-corrected chi connectivity index (χ0v) is 14.6. The number of halogens is 1. The van der Waals surface area contributed by atoms with Crippen molar-refractivity contribution in [3.63, 3.8) is 0 Å². The number of hydrogen-bond donors (Lipinski definition) is 2. The first-order valence-corrected chi connectivity index (χ1v) is 8.09. The first-order chi connectivity index (χ1) is 12.0. The fraction of sp³-hybridized carbons (Fsp3) is 0.167. The van der Waals surface area contributed by atoms with Crippen LogP contribution in [-0.4, -0.2) is 26.0 Å². The van der Waals surface area contributed by atoms with Crippen LogP contribution in [0.1, 0.15) is 17.0 Å². The van der Waals surface area contributed by atoms with E-state index >= 15 is 0 Å². The maximum Gasteiger partial charge on any atom is 0.230 e. The number of aryl methyl sites for hydroxylation is 1. The maximum absolute atomic E-state index is 12.2. The van der Waals surface area contributed by atoms with Crippen molar-refractivity contribution in [3.8, 4) is 11.4 Å². The minimum Gasteiger partial charge on any atom is -0.504 e. The van der Waals surface area contributed by atoms with Gasteiger partial charge in [-0.1, -0.05) is 40.6 Å². The summed E-state index contributed by atoms with van der Waals surface area (Å²) >= 11 is 5.84. The summed E-state index contributed by atoms with van der Waals surface area (Å²) in [4.78, 5) is 12.2. The number of phenols is 1. The average molecular weight is 357 g/mol. The molecule has 0 unspecified atom stereocenters. The SMILES string of the molecule is Cc1ccc(-n2nnc(CC(=O)Nc3cccc(Cl)c3O)c2C)cc1. The van der Waals surface area contributed by atoms with Crippen LogP contribution in [0.5, 0.6) is 5.75 Å². The van der Waals surface area contributed by atoms with E-state index in [-0.39, 0.29) is 28.8 Å². The molecule has 0 fully saturated rings. The molecular formula is C18H17ClN4O2. The smallest absolute Gasteiger partial charge is 0.230 e. The van der Waals surface area contributed by atoms with Crippen LogP contribution in [0.2, 0.25) is 5.02 Å². The van der Waals surface area contributed by atoms with Crippen LogP contribution in [0.4, 0.5) is 5.69 Å². The molecule has 0 saturated carbocycles. The van der Waals surface area contributed by atoms with Crippen molar-refractivity contribution in [2.75, 3.05) is 5.32 Å². The molecule has 0 radical (unpaired) electrons. The molecule has 2 aromatic carbocycles. The minimum atomic E-state index is -0.309. The number of amides is 1. The van der Waals surface area contributed by atoms with Gasteiger partial charge in [0.2, 0.25) is 5.91 Å². The summed E-state index contributed by atoms with van der Waals surface area (Å²) in [7, 11) is 0. The highest BCUT2D eigenvalue weighted by Crippen LogP contribution is 2.31. The van der Waals surface area contributed by atoms with Gasteiger partial charge in [0.1, 0.15) is 0 Å². The fourth-order valence-electron chi connectivity index (χ4n) is 2.42. The van der Waals surface area contributed by atoms with Crippen LogP contribution in [0.3, 0.4) is 0 Å². The van der Waals surface area contributed by atoms with E-state index < -0.39 is 0 Å². The third kappa shape index (κ3) is 3.64. The summed E-state index contributed by atoms with van der Waals surface area (Å²) in [6.07, 6.45) is 0.0453. The molecule has 0 aliphatic carbocycles. The Balaban J connectivity index is 1.76. The lowest BCUT2D eigenvalue weighted by atomic mass is 10.2. The van der Waals surface area contributed by atoms with Crippen LogP contribution >= 0.6 is 11.6 Å². The molecule has 0 spiro atoms. The summed E-state index contributed by atoms with van der Waals surface area (Å²) in [6.45, 7) is 3.87. The summed E-state index contributed by atoms with van der Waals surface area (Å²) < 4.78 is 1.69. The number of aromatic nitrogens is 3. The Morgan fingerprint density at radius 1 is 1.20 bits per heavy atom. The number of para-hydroxylation sites is 1. The summed E-state index contributed by atoms with van der Waals surface area (Å²) in [6, 6.07) is 12.7. The molecule has 1 heterocycles. The fourth-order valence-corrected chi connectivity index (χ4v) is 2.59. The maximum atomic E-state index is 12.2. The van der Waals surface area contributed by atoms with Crippen molar-refractivity contribution >= 4 is 23.2 Å². The number of benzene rings is 2. The first kappa shape index (κ1) is 17.0. The van der Waals surface area contributed by atoms with Crippen LogP contribution in [0.25, 0.3) is 5.69 Å². The van der Waals surface area contributed by atoms with Gasteiger partial charge in [0, 0.05) is 0 Å². The van der Waals surface area contributed by atoms with Crippen LogP contribution in [0.15, 0.2) is 42.5 Å². The number of nitrogens with one attached hydrogen (secondary N) is 1. The molecule has 25 heavy (non-hydrogen) atoms. The molecule has 0 saturated heterocycles. The number of carbonyl (C=O) groups is 1. The summed E-state index contributed by atoms with van der Waals surface area (Å²) in [5.74, 6) is -0.464. The Morgan fingerprint density at radius 2 is 1.92 bits per heavy atom. The van der Waals surface area contributed by atoms with Gasteiger partial charge in [-0.2, -0.15) is 0 Å². The molecule has 0 atom stereocenters. The Morgan fingerprint density at radius 3 is 2.64 bits per heavy atom. The summed E-state index contributed by atoms with van der Waals surface area (Å²) in [5, 5.41) is 20.9. The van der Waals surface area contributed by atoms with Crippen molar-refractivity contribution < 1.29 is 9.90 Å². The highest BCUT2D eigenvalue weighted by Gasteiger charge is 2.15. The standard InChI is InChI=1S/C18H17ClN4O2/c1-11-6-8-13(9-7-11)23-12(2)16(21-22-23)10-17(24)20-15-5-3-4-14(19)18(15)25/h3-9,25H,10H2,1-2H3,(H,20,24). The van der Waals surface area contributed by atoms with E-state index in [0.717, 1.165) is 16.9 Å². The molecule has 1 amide bonds. The Bertz CT molecular complexity index is 919. The van der Waals surface area contributed by atoms with Gasteiger partial charge in [0.15, 0.2) is 5.75 Å². The number of aromatic hydroxyl groups is 1. The van der Waals surface area contributed by atoms with Crippen molar-refractivity contribution in [3.05, 3.63) is 64.4 Å². The molecule has 0 aliphatic rings. The zero-order valence-electron chi connectivity index (χ0n) is 13.8. The van der Waals surface area contributed by atoms with E-state index in [1.54, 1.807) is 22.9 Å². The van der Waals surface area contributed by atoms with Crippen molar-refractivity contribution in [2.45, 2.75) is 20.3 Å². The Kier molecular flexibility index (Phi) is 4.72. The molecule has 128 valence electrons. The van der Waals surface area contributed by atoms with Gasteiger partial charge in [-0.05, 0) is 38.1 Å². The second-order valence-corrected chi connectivity index (χ2v) is 6.14. The predicted octanol–water partition coefficient (Wildman–Crippen LogP) is 3.42. The van der Waals surface area contributed by atoms with Crippen LogP contribution < -0.4 is 5.32 Å². The summed E-state index contributed by atoms with van der Waals surface area (Å²) in [5.41, 5.74) is 3.66. The molecule has 3 aromatic rings. The Hall–Kier alpha value is -2.86. The monoisotopic (exact) mass is 356 g/mol. The van der Waals surface area contributed by atoms with Gasteiger partial charge < -0.3 is 10.4 Å². The van der Waals surface area contributed by atoms with Crippen molar-refractivity contribution in [1.82, 2.24) is 15.0 Å². The second kappa shape index (κ2) is 6.94. The van der Waals surface area contributed by atoms with E-state index in [9.17, 15) is 9.90 Å². The van der Waals surface area contributed by atoms with Gasteiger partial charge in [-0.25, -0.2) is 4.68 Å². The van der Waals surface area contributed by atoms with Crippen molar-refractivity contribution in [2.24, 2.45) is 0 Å². The lowest BCUT2D eigenvalue weighted by molar-refractivity contribution is -0.115. The Labute approximate surface area is 150 Å². The molecule has 7 heteroatoms. The highest BCUT2D eigenvalue weighted by atomic mass is 35.5. The molecule has 1 aromatic heterocycles. The number of hydrogen-bond acceptors (Lipinski definition) is 4. The number of phenolic OH excluding ortho intramolecular Hbond substituents is 1. The predicted molar refractivity (Wildman–Crippen MR) is 96.3 cm³/mol. The molecule has 6 nitrogen and oxygen atoms in total. The van der Waals surface area contributed by atoms with E-state index in [2.05, 4.69) is 15.6 Å². The molecular weight excluding hydrogens is 340 g/mol. The molecule has 3 rings (SSSR count). The second-order valence-electron chi connectivity index (χ2n) is 5.73. The van der Waals surface area contributed by atoms with Gasteiger partial charge >= 0.3 is 0 Å². The third-order valence-corrected chi connectivity index (χ3v) is 4.16. The normalized spacial score (nSPS) is 10.7. The topological polar surface area (TPSA) is 80.0 Å². The number of anilines is 1. The first-order valence-electron chi connectivity index (χ1n) is 7.71.